The maximum atomic E-state index is 10.8. The summed E-state index contributed by atoms with van der Waals surface area (Å²) in [6, 6.07) is 0. The second-order valence-corrected chi connectivity index (χ2v) is 1.88. The standard InChI is InChI=1S/C6H10N2O2/c1-2-3-6(10)5(4-9)8-7/h9H,2-4H2,1H3. The van der Waals surface area contributed by atoms with E-state index in [1.54, 1.807) is 0 Å². The van der Waals surface area contributed by atoms with Crippen molar-refractivity contribution >= 4 is 11.5 Å². The minimum atomic E-state index is -0.491. The Morgan fingerprint density at radius 1 is 1.70 bits per heavy atom. The minimum absolute atomic E-state index is 0.165. The lowest BCUT2D eigenvalue weighted by Gasteiger charge is -1.87. The number of rotatable bonds is 4. The van der Waals surface area contributed by atoms with E-state index in [4.69, 9.17) is 10.6 Å². The van der Waals surface area contributed by atoms with Gasteiger partial charge in [-0.2, -0.15) is 4.79 Å². The van der Waals surface area contributed by atoms with Crippen molar-refractivity contribution in [1.82, 2.24) is 0 Å². The molecule has 10 heavy (non-hydrogen) atoms. The first-order valence-corrected chi connectivity index (χ1v) is 3.11. The van der Waals surface area contributed by atoms with Crippen molar-refractivity contribution in [3.8, 4) is 0 Å². The summed E-state index contributed by atoms with van der Waals surface area (Å²) < 4.78 is 0. The van der Waals surface area contributed by atoms with E-state index in [1.165, 1.54) is 0 Å². The third kappa shape index (κ3) is 2.53. The van der Waals surface area contributed by atoms with Crippen molar-refractivity contribution in [1.29, 1.82) is 0 Å². The van der Waals surface area contributed by atoms with Gasteiger partial charge in [-0.25, -0.2) is 0 Å². The van der Waals surface area contributed by atoms with E-state index in [-0.39, 0.29) is 11.5 Å². The molecule has 0 aliphatic heterocycles. The molecule has 0 spiro atoms. The lowest BCUT2D eigenvalue weighted by molar-refractivity contribution is -0.118. The van der Waals surface area contributed by atoms with Crippen LogP contribution in [0.1, 0.15) is 19.8 Å². The molecule has 0 radical (unpaired) electrons. The Morgan fingerprint density at radius 2 is 2.30 bits per heavy atom. The van der Waals surface area contributed by atoms with Crippen LogP contribution in [0, 0.1) is 0 Å². The van der Waals surface area contributed by atoms with Crippen LogP contribution in [-0.4, -0.2) is 28.0 Å². The van der Waals surface area contributed by atoms with Gasteiger partial charge in [-0.1, -0.05) is 6.92 Å². The molecule has 0 aromatic rings. The Balaban J connectivity index is 4.04. The van der Waals surface area contributed by atoms with Gasteiger partial charge in [0.25, 0.3) is 0 Å². The molecule has 0 aromatic carbocycles. The number of ketones is 1. The van der Waals surface area contributed by atoms with Gasteiger partial charge in [0.2, 0.25) is 5.78 Å². The number of carbonyl (C=O) groups is 1. The van der Waals surface area contributed by atoms with Crippen molar-refractivity contribution in [2.24, 2.45) is 0 Å². The molecular formula is C6H10N2O2. The van der Waals surface area contributed by atoms with Gasteiger partial charge in [0.1, 0.15) is 6.61 Å². The van der Waals surface area contributed by atoms with Gasteiger partial charge >= 0.3 is 5.71 Å². The zero-order valence-corrected chi connectivity index (χ0v) is 5.87. The number of nitrogens with zero attached hydrogens (tertiary/aromatic N) is 2. The van der Waals surface area contributed by atoms with Crippen molar-refractivity contribution in [3.63, 3.8) is 0 Å². The summed E-state index contributed by atoms with van der Waals surface area (Å²) in [7, 11) is 0. The van der Waals surface area contributed by atoms with Crippen molar-refractivity contribution in [3.05, 3.63) is 5.53 Å². The molecule has 0 fully saturated rings. The van der Waals surface area contributed by atoms with Gasteiger partial charge < -0.3 is 10.6 Å². The lowest BCUT2D eigenvalue weighted by atomic mass is 10.1. The van der Waals surface area contributed by atoms with Gasteiger partial charge in [-0.05, 0) is 6.42 Å². The molecule has 1 N–H and O–H groups in total. The van der Waals surface area contributed by atoms with Crippen LogP contribution in [-0.2, 0) is 4.79 Å². The highest BCUT2D eigenvalue weighted by atomic mass is 16.3. The summed E-state index contributed by atoms with van der Waals surface area (Å²) in [5.74, 6) is -0.299. The predicted octanol–water partition coefficient (Wildman–Crippen LogP) is 0.0187. The van der Waals surface area contributed by atoms with E-state index in [0.717, 1.165) is 0 Å². The van der Waals surface area contributed by atoms with E-state index in [1.807, 2.05) is 6.92 Å². The summed E-state index contributed by atoms with van der Waals surface area (Å²) >= 11 is 0. The normalized spacial score (nSPS) is 8.60. The van der Waals surface area contributed by atoms with Crippen LogP contribution in [0.2, 0.25) is 0 Å². The monoisotopic (exact) mass is 142 g/mol. The highest BCUT2D eigenvalue weighted by Gasteiger charge is 2.16. The fourth-order valence-electron chi connectivity index (χ4n) is 0.547. The van der Waals surface area contributed by atoms with Crippen LogP contribution in [0.15, 0.2) is 0 Å². The molecule has 0 amide bonds. The Morgan fingerprint density at radius 3 is 2.60 bits per heavy atom. The van der Waals surface area contributed by atoms with Gasteiger partial charge in [0, 0.05) is 6.42 Å². The lowest BCUT2D eigenvalue weighted by Crippen LogP contribution is -2.18. The Labute approximate surface area is 59.1 Å². The Bertz CT molecular complexity index is 171. The summed E-state index contributed by atoms with van der Waals surface area (Å²) in [5, 5.41) is 8.41. The first kappa shape index (κ1) is 9.01. The smallest absolute Gasteiger partial charge is 0.359 e. The largest absolute Gasteiger partial charge is 0.384 e. The second kappa shape index (κ2) is 4.85. The maximum absolute atomic E-state index is 10.8. The third-order valence-electron chi connectivity index (χ3n) is 1.07. The number of carbonyl (C=O) groups excluding carboxylic acids is 1. The number of aliphatic hydroxyl groups excluding tert-OH is 1. The zero-order valence-electron chi connectivity index (χ0n) is 5.87. The van der Waals surface area contributed by atoms with Crippen LogP contribution in [0.3, 0.4) is 0 Å². The molecule has 0 aromatic heterocycles. The number of Topliss-reactive ketones (excluding diaryl/α,β-unsaturated/α-hetero) is 1. The Kier molecular flexibility index (Phi) is 4.37. The topological polar surface area (TPSA) is 73.7 Å². The van der Waals surface area contributed by atoms with Gasteiger partial charge in [-0.15, -0.1) is 0 Å². The van der Waals surface area contributed by atoms with Crippen LogP contribution >= 0.6 is 0 Å². The highest BCUT2D eigenvalue weighted by Crippen LogP contribution is 1.89. The van der Waals surface area contributed by atoms with E-state index in [2.05, 4.69) is 4.79 Å². The predicted molar refractivity (Wildman–Crippen MR) is 35.6 cm³/mol. The van der Waals surface area contributed by atoms with Crippen molar-refractivity contribution in [2.45, 2.75) is 19.8 Å². The average molecular weight is 142 g/mol. The van der Waals surface area contributed by atoms with Crippen molar-refractivity contribution < 1.29 is 14.7 Å². The van der Waals surface area contributed by atoms with Crippen LogP contribution in [0.4, 0.5) is 0 Å². The number of aliphatic hydroxyl groups is 1. The summed E-state index contributed by atoms with van der Waals surface area (Å²) in [5.41, 5.74) is 7.97. The summed E-state index contributed by atoms with van der Waals surface area (Å²) in [6.07, 6.45) is 1.01. The summed E-state index contributed by atoms with van der Waals surface area (Å²) in [4.78, 5) is 13.4. The molecule has 0 saturated heterocycles. The van der Waals surface area contributed by atoms with Crippen LogP contribution < -0.4 is 0 Å². The number of hydrogen-bond donors (Lipinski definition) is 1. The quantitative estimate of drug-likeness (QED) is 0.341. The Hall–Kier alpha value is -0.990. The molecule has 0 heterocycles. The van der Waals surface area contributed by atoms with Crippen LogP contribution in [0.5, 0.6) is 0 Å². The first-order valence-electron chi connectivity index (χ1n) is 3.11. The molecule has 56 valence electrons. The molecule has 4 heteroatoms. The first-order chi connectivity index (χ1) is 4.76. The minimum Gasteiger partial charge on any atom is -0.384 e. The zero-order chi connectivity index (χ0) is 7.98. The molecule has 0 saturated carbocycles. The average Bonchev–Trinajstić information content (AvgIpc) is 1.91. The molecule has 0 aliphatic carbocycles. The van der Waals surface area contributed by atoms with Gasteiger partial charge in [0.05, 0.1) is 0 Å². The van der Waals surface area contributed by atoms with Crippen molar-refractivity contribution in [2.75, 3.05) is 6.61 Å². The fraction of sp³-hybridized carbons (Fsp3) is 0.667. The molecule has 0 bridgehead atoms. The summed E-state index contributed by atoms with van der Waals surface area (Å²) in [6.45, 7) is 1.35. The van der Waals surface area contributed by atoms with E-state index >= 15 is 0 Å². The van der Waals surface area contributed by atoms with E-state index in [0.29, 0.717) is 12.8 Å². The molecule has 4 nitrogen and oxygen atoms in total. The second-order valence-electron chi connectivity index (χ2n) is 1.88. The third-order valence-corrected chi connectivity index (χ3v) is 1.07. The SMILES string of the molecule is CCCC(=O)C(CO)=[N+]=[N-]. The molecule has 0 aliphatic rings. The molecule has 0 rings (SSSR count). The maximum Gasteiger partial charge on any atom is 0.359 e. The van der Waals surface area contributed by atoms with E-state index in [9.17, 15) is 4.79 Å². The highest BCUT2D eigenvalue weighted by molar-refractivity contribution is 6.37. The molecule has 0 atom stereocenters. The molecule has 0 unspecified atom stereocenters. The van der Waals surface area contributed by atoms with Crippen LogP contribution in [0.25, 0.3) is 5.53 Å². The molecular weight excluding hydrogens is 132 g/mol. The van der Waals surface area contributed by atoms with Gasteiger partial charge in [-0.3, -0.25) is 4.79 Å². The van der Waals surface area contributed by atoms with Gasteiger partial charge in [0.15, 0.2) is 0 Å². The number of hydrogen-bond acceptors (Lipinski definition) is 2. The van der Waals surface area contributed by atoms with E-state index < -0.39 is 6.61 Å². The fourth-order valence-corrected chi connectivity index (χ4v) is 0.547.